The van der Waals surface area contributed by atoms with Crippen LogP contribution in [-0.4, -0.2) is 28.6 Å². The molecule has 1 atom stereocenters. The Morgan fingerprint density at radius 2 is 2.12 bits per heavy atom. The number of carbonyl (C=O) groups is 1. The molecule has 0 aliphatic carbocycles. The van der Waals surface area contributed by atoms with E-state index in [1.54, 1.807) is 0 Å². The van der Waals surface area contributed by atoms with Crippen molar-refractivity contribution in [3.63, 3.8) is 0 Å². The Morgan fingerprint density at radius 1 is 1.29 bits per heavy atom. The fraction of sp³-hybridized carbons (Fsp3) is 0.263. The van der Waals surface area contributed by atoms with Gasteiger partial charge in [-0.25, -0.2) is 4.98 Å². The van der Waals surface area contributed by atoms with Gasteiger partial charge in [-0.05, 0) is 36.8 Å². The summed E-state index contributed by atoms with van der Waals surface area (Å²) >= 11 is 0. The summed E-state index contributed by atoms with van der Waals surface area (Å²) in [6.07, 6.45) is 0. The highest BCUT2D eigenvalue weighted by molar-refractivity contribution is 5.94. The molecule has 1 unspecified atom stereocenters. The molecule has 2 heterocycles. The third-order valence-corrected chi connectivity index (χ3v) is 4.36. The average Bonchev–Trinajstić information content (AvgIpc) is 2.99. The topological polar surface area (TPSA) is 56.2 Å². The highest BCUT2D eigenvalue weighted by atomic mass is 16.5. The third-order valence-electron chi connectivity index (χ3n) is 4.36. The molecule has 1 aliphatic rings. The van der Waals surface area contributed by atoms with Crippen LogP contribution in [0.1, 0.15) is 27.8 Å². The fourth-order valence-electron chi connectivity index (χ4n) is 3.18. The summed E-state index contributed by atoms with van der Waals surface area (Å²) in [6, 6.07) is 15.5. The molecule has 5 heteroatoms. The van der Waals surface area contributed by atoms with Gasteiger partial charge in [0, 0.05) is 12.1 Å². The van der Waals surface area contributed by atoms with E-state index in [0.29, 0.717) is 25.3 Å². The van der Waals surface area contributed by atoms with E-state index in [9.17, 15) is 4.79 Å². The Morgan fingerprint density at radius 3 is 2.96 bits per heavy atom. The number of ether oxygens (including phenoxy) is 1. The largest absolute Gasteiger partial charge is 0.371 e. The van der Waals surface area contributed by atoms with Gasteiger partial charge in [0.25, 0.3) is 5.91 Å². The van der Waals surface area contributed by atoms with Crippen LogP contribution < -0.4 is 5.32 Å². The summed E-state index contributed by atoms with van der Waals surface area (Å²) in [5.41, 5.74) is 3.94. The van der Waals surface area contributed by atoms with Crippen molar-refractivity contribution in [3.8, 4) is 0 Å². The second-order valence-corrected chi connectivity index (χ2v) is 6.14. The summed E-state index contributed by atoms with van der Waals surface area (Å²) in [5.74, 6) is 0.851. The average molecular weight is 321 g/mol. The summed E-state index contributed by atoms with van der Waals surface area (Å²) in [6.45, 7) is 3.67. The van der Waals surface area contributed by atoms with Crippen molar-refractivity contribution in [1.29, 1.82) is 0 Å². The SMILES string of the molecule is Cc1ccc2nc3n(c2c1)C(CNC(=O)c1ccccc1)COC3. The van der Waals surface area contributed by atoms with Crippen molar-refractivity contribution >= 4 is 16.9 Å². The predicted octanol–water partition coefficient (Wildman–Crippen LogP) is 2.85. The maximum atomic E-state index is 12.3. The normalized spacial score (nSPS) is 16.8. The Kier molecular flexibility index (Phi) is 3.78. The van der Waals surface area contributed by atoms with Gasteiger partial charge in [-0.1, -0.05) is 24.3 Å². The van der Waals surface area contributed by atoms with Crippen LogP contribution in [0.5, 0.6) is 0 Å². The first kappa shape index (κ1) is 14.9. The smallest absolute Gasteiger partial charge is 0.251 e. The lowest BCUT2D eigenvalue weighted by Gasteiger charge is -2.26. The van der Waals surface area contributed by atoms with Crippen LogP contribution >= 0.6 is 0 Å². The van der Waals surface area contributed by atoms with Gasteiger partial charge in [0.2, 0.25) is 0 Å². The van der Waals surface area contributed by atoms with E-state index in [-0.39, 0.29) is 11.9 Å². The van der Waals surface area contributed by atoms with E-state index in [0.717, 1.165) is 16.9 Å². The number of carbonyl (C=O) groups excluding carboxylic acids is 1. The van der Waals surface area contributed by atoms with Crippen LogP contribution in [0.4, 0.5) is 0 Å². The molecule has 5 nitrogen and oxygen atoms in total. The molecule has 1 amide bonds. The molecule has 24 heavy (non-hydrogen) atoms. The second kappa shape index (κ2) is 6.09. The molecule has 3 aromatic rings. The van der Waals surface area contributed by atoms with Gasteiger partial charge in [0.05, 0.1) is 23.7 Å². The molecular formula is C19H19N3O2. The maximum absolute atomic E-state index is 12.3. The highest BCUT2D eigenvalue weighted by Gasteiger charge is 2.24. The van der Waals surface area contributed by atoms with Crippen LogP contribution in [0, 0.1) is 6.92 Å². The number of fused-ring (bicyclic) bond motifs is 3. The third kappa shape index (κ3) is 2.67. The first-order chi connectivity index (χ1) is 11.7. The zero-order valence-corrected chi connectivity index (χ0v) is 13.5. The van der Waals surface area contributed by atoms with Gasteiger partial charge in [-0.2, -0.15) is 0 Å². The van der Waals surface area contributed by atoms with Crippen molar-refractivity contribution in [2.24, 2.45) is 0 Å². The van der Waals surface area contributed by atoms with E-state index < -0.39 is 0 Å². The zero-order valence-electron chi connectivity index (χ0n) is 13.5. The first-order valence-corrected chi connectivity index (χ1v) is 8.11. The van der Waals surface area contributed by atoms with E-state index in [4.69, 9.17) is 4.74 Å². The molecule has 1 N–H and O–H groups in total. The maximum Gasteiger partial charge on any atom is 0.251 e. The number of hydrogen-bond acceptors (Lipinski definition) is 3. The van der Waals surface area contributed by atoms with E-state index >= 15 is 0 Å². The van der Waals surface area contributed by atoms with Crippen LogP contribution in [-0.2, 0) is 11.3 Å². The fourth-order valence-corrected chi connectivity index (χ4v) is 3.18. The lowest BCUT2D eigenvalue weighted by molar-refractivity contribution is 0.0553. The summed E-state index contributed by atoms with van der Waals surface area (Å²) in [5, 5.41) is 3.01. The molecule has 122 valence electrons. The molecule has 0 saturated carbocycles. The molecule has 1 aromatic heterocycles. The van der Waals surface area contributed by atoms with Crippen molar-refractivity contribution < 1.29 is 9.53 Å². The number of nitrogens with one attached hydrogen (secondary N) is 1. The van der Waals surface area contributed by atoms with Crippen LogP contribution in [0.3, 0.4) is 0 Å². The highest BCUT2D eigenvalue weighted by Crippen LogP contribution is 2.26. The number of imidazole rings is 1. The monoisotopic (exact) mass is 321 g/mol. The van der Waals surface area contributed by atoms with Gasteiger partial charge in [-0.15, -0.1) is 0 Å². The summed E-state index contributed by atoms with van der Waals surface area (Å²) in [7, 11) is 0. The van der Waals surface area contributed by atoms with E-state index in [1.807, 2.05) is 36.4 Å². The van der Waals surface area contributed by atoms with Gasteiger partial charge in [0.1, 0.15) is 12.4 Å². The number of hydrogen-bond donors (Lipinski definition) is 1. The van der Waals surface area contributed by atoms with Crippen molar-refractivity contribution in [3.05, 3.63) is 65.5 Å². The molecule has 0 fully saturated rings. The summed E-state index contributed by atoms with van der Waals surface area (Å²) < 4.78 is 7.88. The molecule has 0 bridgehead atoms. The van der Waals surface area contributed by atoms with Crippen LogP contribution in [0.25, 0.3) is 11.0 Å². The standard InChI is InChI=1S/C19H19N3O2/c1-13-7-8-16-17(9-13)22-15(11-24-12-18(22)21-16)10-20-19(23)14-5-3-2-4-6-14/h2-9,15H,10-12H2,1H3,(H,20,23). The Hall–Kier alpha value is -2.66. The minimum atomic E-state index is -0.0664. The van der Waals surface area contributed by atoms with Crippen molar-refractivity contribution in [2.75, 3.05) is 13.2 Å². The number of rotatable bonds is 3. The predicted molar refractivity (Wildman–Crippen MR) is 91.9 cm³/mol. The molecule has 1 aliphatic heterocycles. The van der Waals surface area contributed by atoms with Crippen LogP contribution in [0.2, 0.25) is 0 Å². The van der Waals surface area contributed by atoms with Crippen LogP contribution in [0.15, 0.2) is 48.5 Å². The Bertz CT molecular complexity index is 886. The Labute approximate surface area is 140 Å². The molecule has 0 radical (unpaired) electrons. The lowest BCUT2D eigenvalue weighted by atomic mass is 10.2. The number of amides is 1. The number of aromatic nitrogens is 2. The van der Waals surface area contributed by atoms with E-state index in [2.05, 4.69) is 33.9 Å². The second-order valence-electron chi connectivity index (χ2n) is 6.14. The quantitative estimate of drug-likeness (QED) is 0.807. The molecular weight excluding hydrogens is 302 g/mol. The first-order valence-electron chi connectivity index (χ1n) is 8.11. The molecule has 4 rings (SSSR count). The molecule has 0 spiro atoms. The Balaban J connectivity index is 1.59. The summed E-state index contributed by atoms with van der Waals surface area (Å²) in [4.78, 5) is 16.9. The van der Waals surface area contributed by atoms with Gasteiger partial charge >= 0.3 is 0 Å². The van der Waals surface area contributed by atoms with E-state index in [1.165, 1.54) is 5.56 Å². The van der Waals surface area contributed by atoms with Crippen molar-refractivity contribution in [2.45, 2.75) is 19.6 Å². The number of nitrogens with zero attached hydrogens (tertiary/aromatic N) is 2. The molecule has 0 saturated heterocycles. The van der Waals surface area contributed by atoms with Gasteiger partial charge in [0.15, 0.2) is 0 Å². The minimum Gasteiger partial charge on any atom is -0.371 e. The zero-order chi connectivity index (χ0) is 16.5. The minimum absolute atomic E-state index is 0.0493. The van der Waals surface area contributed by atoms with Gasteiger partial charge < -0.3 is 14.6 Å². The lowest BCUT2D eigenvalue weighted by Crippen LogP contribution is -2.35. The number of benzene rings is 2. The number of aryl methyl sites for hydroxylation is 1. The van der Waals surface area contributed by atoms with Crippen molar-refractivity contribution in [1.82, 2.24) is 14.9 Å². The molecule has 2 aromatic carbocycles. The van der Waals surface area contributed by atoms with Gasteiger partial charge in [-0.3, -0.25) is 4.79 Å².